The Morgan fingerprint density at radius 2 is 2.00 bits per heavy atom. The maximum Gasteiger partial charge on any atom is 0.350 e. The van der Waals surface area contributed by atoms with E-state index in [0.29, 0.717) is 5.02 Å². The first-order valence-corrected chi connectivity index (χ1v) is 7.08. The van der Waals surface area contributed by atoms with Crippen LogP contribution in [0.2, 0.25) is 5.02 Å². The zero-order valence-corrected chi connectivity index (χ0v) is 12.5. The Kier molecular flexibility index (Phi) is 4.77. The number of benzene rings is 1. The summed E-state index contributed by atoms with van der Waals surface area (Å²) < 4.78 is 5.69. The van der Waals surface area contributed by atoms with E-state index in [2.05, 4.69) is 5.32 Å². The molecule has 0 fully saturated rings. The highest BCUT2D eigenvalue weighted by Gasteiger charge is 2.19. The third kappa shape index (κ3) is 3.50. The molecule has 3 amide bonds. The lowest BCUT2D eigenvalue weighted by Crippen LogP contribution is -2.39. The molecule has 0 bridgehead atoms. The van der Waals surface area contributed by atoms with Gasteiger partial charge < -0.3 is 10.1 Å². The minimum absolute atomic E-state index is 0.227. The Morgan fingerprint density at radius 1 is 1.29 bits per heavy atom. The Morgan fingerprint density at radius 3 is 2.67 bits per heavy atom. The van der Waals surface area contributed by atoms with Gasteiger partial charge in [-0.3, -0.25) is 10.1 Å². The van der Waals surface area contributed by atoms with Crippen LogP contribution in [-0.4, -0.2) is 31.6 Å². The number of imide groups is 1. The van der Waals surface area contributed by atoms with Gasteiger partial charge >= 0.3 is 12.0 Å². The molecule has 0 aliphatic carbocycles. The van der Waals surface area contributed by atoms with Crippen LogP contribution in [0.25, 0.3) is 10.1 Å². The second-order valence-corrected chi connectivity index (χ2v) is 5.37. The van der Waals surface area contributed by atoms with Gasteiger partial charge in [-0.25, -0.2) is 9.59 Å². The third-order valence-corrected chi connectivity index (χ3v) is 4.19. The van der Waals surface area contributed by atoms with Gasteiger partial charge in [-0.2, -0.15) is 0 Å². The SMILES string of the molecule is CNC(=O)NC(=O)COC(=O)c1sc2ccccc2c1Cl. The van der Waals surface area contributed by atoms with Gasteiger partial charge in [0, 0.05) is 17.1 Å². The van der Waals surface area contributed by atoms with Crippen molar-refractivity contribution in [2.45, 2.75) is 0 Å². The summed E-state index contributed by atoms with van der Waals surface area (Å²) in [5.74, 6) is -1.42. The number of urea groups is 1. The van der Waals surface area contributed by atoms with Gasteiger partial charge in [0.2, 0.25) is 0 Å². The Labute approximate surface area is 129 Å². The molecule has 0 atom stereocenters. The van der Waals surface area contributed by atoms with E-state index in [1.54, 1.807) is 6.07 Å². The molecule has 1 heterocycles. The number of amides is 3. The summed E-state index contributed by atoms with van der Waals surface area (Å²) in [5.41, 5.74) is 0. The number of fused-ring (bicyclic) bond motifs is 1. The largest absolute Gasteiger partial charge is 0.451 e. The minimum atomic E-state index is -0.722. The van der Waals surface area contributed by atoms with Gasteiger partial charge in [0.1, 0.15) is 4.88 Å². The van der Waals surface area contributed by atoms with Crippen molar-refractivity contribution < 1.29 is 19.1 Å². The molecule has 0 aliphatic rings. The average Bonchev–Trinajstić information content (AvgIpc) is 2.82. The standard InChI is InChI=1S/C13H11ClN2O4S/c1-15-13(19)16-9(17)6-20-12(18)11-10(14)7-4-2-3-5-8(7)21-11/h2-5H,6H2,1H3,(H2,15,16,17,19). The van der Waals surface area contributed by atoms with Crippen LogP contribution < -0.4 is 10.6 Å². The van der Waals surface area contributed by atoms with Gasteiger partial charge in [0.25, 0.3) is 5.91 Å². The minimum Gasteiger partial charge on any atom is -0.451 e. The summed E-state index contributed by atoms with van der Waals surface area (Å²) in [5, 5.41) is 5.25. The van der Waals surface area contributed by atoms with E-state index in [-0.39, 0.29) is 4.88 Å². The van der Waals surface area contributed by atoms with Gasteiger partial charge in [0.15, 0.2) is 6.61 Å². The van der Waals surface area contributed by atoms with Crippen molar-refractivity contribution in [2.75, 3.05) is 13.7 Å². The second kappa shape index (κ2) is 6.55. The van der Waals surface area contributed by atoms with Crippen molar-refractivity contribution in [3.63, 3.8) is 0 Å². The quantitative estimate of drug-likeness (QED) is 0.847. The first-order valence-electron chi connectivity index (χ1n) is 5.88. The molecule has 21 heavy (non-hydrogen) atoms. The van der Waals surface area contributed by atoms with Crippen molar-refractivity contribution in [1.82, 2.24) is 10.6 Å². The van der Waals surface area contributed by atoms with Crippen molar-refractivity contribution in [1.29, 1.82) is 0 Å². The number of esters is 1. The molecular formula is C13H11ClN2O4S. The monoisotopic (exact) mass is 326 g/mol. The molecule has 2 aromatic rings. The fraction of sp³-hybridized carbons (Fsp3) is 0.154. The van der Waals surface area contributed by atoms with E-state index in [0.717, 1.165) is 10.1 Å². The number of nitrogens with one attached hydrogen (secondary N) is 2. The molecular weight excluding hydrogens is 316 g/mol. The maximum atomic E-state index is 11.9. The molecule has 2 N–H and O–H groups in total. The van der Waals surface area contributed by atoms with Crippen LogP contribution in [0.15, 0.2) is 24.3 Å². The molecule has 1 aromatic heterocycles. The molecule has 0 saturated heterocycles. The Balaban J connectivity index is 2.04. The van der Waals surface area contributed by atoms with Crippen LogP contribution >= 0.6 is 22.9 Å². The highest BCUT2D eigenvalue weighted by Crippen LogP contribution is 2.35. The molecule has 0 radical (unpaired) electrons. The number of thiophene rings is 1. The van der Waals surface area contributed by atoms with Crippen molar-refractivity contribution >= 4 is 50.9 Å². The van der Waals surface area contributed by atoms with E-state index in [1.165, 1.54) is 18.4 Å². The lowest BCUT2D eigenvalue weighted by molar-refractivity contribution is -0.123. The normalized spacial score (nSPS) is 10.2. The lowest BCUT2D eigenvalue weighted by atomic mass is 10.2. The topological polar surface area (TPSA) is 84.5 Å². The van der Waals surface area contributed by atoms with E-state index >= 15 is 0 Å². The van der Waals surface area contributed by atoms with Crippen LogP contribution in [-0.2, 0) is 9.53 Å². The number of carbonyl (C=O) groups excluding carboxylic acids is 3. The van der Waals surface area contributed by atoms with Crippen molar-refractivity contribution in [3.05, 3.63) is 34.2 Å². The van der Waals surface area contributed by atoms with Crippen LogP contribution in [0, 0.1) is 0 Å². The maximum absolute atomic E-state index is 11.9. The summed E-state index contributed by atoms with van der Waals surface area (Å²) in [4.78, 5) is 34.4. The predicted octanol–water partition coefficient (Wildman–Crippen LogP) is 2.17. The number of ether oxygens (including phenoxy) is 1. The van der Waals surface area contributed by atoms with E-state index in [4.69, 9.17) is 16.3 Å². The van der Waals surface area contributed by atoms with Crippen LogP contribution in [0.4, 0.5) is 4.79 Å². The summed E-state index contributed by atoms with van der Waals surface area (Å²) in [6.07, 6.45) is 0. The predicted molar refractivity (Wildman–Crippen MR) is 79.7 cm³/mol. The summed E-state index contributed by atoms with van der Waals surface area (Å²) in [6.45, 7) is -0.559. The fourth-order valence-electron chi connectivity index (χ4n) is 1.57. The molecule has 0 saturated carbocycles. The van der Waals surface area contributed by atoms with Gasteiger partial charge in [-0.15, -0.1) is 11.3 Å². The van der Waals surface area contributed by atoms with Crippen LogP contribution in [0.3, 0.4) is 0 Å². The molecule has 0 aliphatic heterocycles. The summed E-state index contributed by atoms with van der Waals surface area (Å²) >= 11 is 7.30. The molecule has 0 unspecified atom stereocenters. The zero-order chi connectivity index (χ0) is 15.4. The van der Waals surface area contributed by atoms with Crippen molar-refractivity contribution in [3.8, 4) is 0 Å². The molecule has 8 heteroatoms. The molecule has 6 nitrogen and oxygen atoms in total. The first kappa shape index (κ1) is 15.3. The van der Waals surface area contributed by atoms with E-state index in [9.17, 15) is 14.4 Å². The first-order chi connectivity index (χ1) is 10.0. The Hall–Kier alpha value is -2.12. The number of hydrogen-bond acceptors (Lipinski definition) is 5. The molecule has 1 aromatic carbocycles. The van der Waals surface area contributed by atoms with Gasteiger partial charge in [-0.05, 0) is 6.07 Å². The zero-order valence-electron chi connectivity index (χ0n) is 10.9. The molecule has 2 rings (SSSR count). The Bertz CT molecular complexity index is 713. The van der Waals surface area contributed by atoms with E-state index < -0.39 is 24.5 Å². The second-order valence-electron chi connectivity index (χ2n) is 3.94. The van der Waals surface area contributed by atoms with Gasteiger partial charge in [-0.1, -0.05) is 29.8 Å². The molecule has 110 valence electrons. The lowest BCUT2D eigenvalue weighted by Gasteiger charge is -2.04. The summed E-state index contributed by atoms with van der Waals surface area (Å²) in [7, 11) is 1.37. The average molecular weight is 327 g/mol. The van der Waals surface area contributed by atoms with Crippen LogP contribution in [0.1, 0.15) is 9.67 Å². The number of rotatable bonds is 3. The number of carbonyl (C=O) groups is 3. The van der Waals surface area contributed by atoms with Crippen molar-refractivity contribution in [2.24, 2.45) is 0 Å². The smallest absolute Gasteiger partial charge is 0.350 e. The number of hydrogen-bond donors (Lipinski definition) is 2. The van der Waals surface area contributed by atoms with E-state index in [1.807, 2.05) is 23.5 Å². The highest BCUT2D eigenvalue weighted by molar-refractivity contribution is 7.21. The molecule has 0 spiro atoms. The van der Waals surface area contributed by atoms with Gasteiger partial charge in [0.05, 0.1) is 5.02 Å². The third-order valence-electron chi connectivity index (χ3n) is 2.53. The highest BCUT2D eigenvalue weighted by atomic mass is 35.5. The van der Waals surface area contributed by atoms with Crippen LogP contribution in [0.5, 0.6) is 0 Å². The fourth-order valence-corrected chi connectivity index (χ4v) is 2.97. The number of halogens is 1. The summed E-state index contributed by atoms with van der Waals surface area (Å²) in [6, 6.07) is 6.61.